The summed E-state index contributed by atoms with van der Waals surface area (Å²) in [7, 11) is 0. The second-order valence-corrected chi connectivity index (χ2v) is 7.12. The zero-order chi connectivity index (χ0) is 19.2. The Labute approximate surface area is 160 Å². The molecule has 2 fully saturated rings. The number of hydrogen-bond acceptors (Lipinski definition) is 4. The normalized spacial score (nSPS) is 18.4. The molecule has 2 saturated heterocycles. The molecule has 4 amide bonds. The predicted octanol–water partition coefficient (Wildman–Crippen LogP) is 2.04. The van der Waals surface area contributed by atoms with E-state index in [4.69, 9.17) is 9.15 Å². The number of likely N-dealkylation sites (tertiary alicyclic amines) is 1. The summed E-state index contributed by atoms with van der Waals surface area (Å²) >= 11 is 0. The second kappa shape index (κ2) is 9.12. The molecule has 1 aromatic heterocycles. The van der Waals surface area contributed by atoms with E-state index in [0.717, 1.165) is 24.4 Å². The summed E-state index contributed by atoms with van der Waals surface area (Å²) < 4.78 is 10.9. The minimum Gasteiger partial charge on any atom is -0.464 e. The third-order valence-electron chi connectivity index (χ3n) is 5.19. The van der Waals surface area contributed by atoms with Crippen LogP contribution in [-0.2, 0) is 11.3 Å². The molecule has 2 aliphatic heterocycles. The summed E-state index contributed by atoms with van der Waals surface area (Å²) in [5.41, 5.74) is 0. The Kier molecular flexibility index (Phi) is 6.60. The highest BCUT2D eigenvalue weighted by atomic mass is 16.5. The van der Waals surface area contributed by atoms with Crippen molar-refractivity contribution >= 4 is 12.1 Å². The van der Waals surface area contributed by atoms with Crippen LogP contribution < -0.4 is 5.32 Å². The van der Waals surface area contributed by atoms with Crippen LogP contribution in [0.25, 0.3) is 0 Å². The maximum Gasteiger partial charge on any atom is 0.320 e. The van der Waals surface area contributed by atoms with Gasteiger partial charge in [-0.2, -0.15) is 0 Å². The van der Waals surface area contributed by atoms with Crippen molar-refractivity contribution in [2.75, 3.05) is 45.9 Å². The van der Waals surface area contributed by atoms with E-state index in [-0.39, 0.29) is 18.1 Å². The van der Waals surface area contributed by atoms with Crippen LogP contribution >= 0.6 is 0 Å². The first-order chi connectivity index (χ1) is 13.1. The van der Waals surface area contributed by atoms with Gasteiger partial charge in [0.1, 0.15) is 11.5 Å². The van der Waals surface area contributed by atoms with E-state index in [1.54, 1.807) is 4.90 Å². The van der Waals surface area contributed by atoms with Crippen molar-refractivity contribution in [1.29, 1.82) is 0 Å². The number of amides is 4. The van der Waals surface area contributed by atoms with E-state index >= 15 is 0 Å². The third kappa shape index (κ3) is 5.15. The van der Waals surface area contributed by atoms with E-state index in [0.29, 0.717) is 52.5 Å². The van der Waals surface area contributed by atoms with Crippen LogP contribution in [0.2, 0.25) is 0 Å². The van der Waals surface area contributed by atoms with Crippen LogP contribution in [0.5, 0.6) is 0 Å². The Morgan fingerprint density at radius 2 is 1.81 bits per heavy atom. The number of nitrogens with one attached hydrogen (secondary N) is 1. The largest absolute Gasteiger partial charge is 0.464 e. The molecule has 1 aromatic rings. The fourth-order valence-electron chi connectivity index (χ4n) is 3.52. The fraction of sp³-hybridized carbons (Fsp3) is 0.684. The Hall–Kier alpha value is -2.22. The lowest BCUT2D eigenvalue weighted by atomic mass is 10.1. The van der Waals surface area contributed by atoms with Crippen LogP contribution in [0.3, 0.4) is 0 Å². The number of nitrogens with zero attached hydrogens (tertiary/aromatic N) is 3. The predicted molar refractivity (Wildman–Crippen MR) is 100 cm³/mol. The number of aryl methyl sites for hydroxylation is 1. The standard InChI is InChI=1S/C19H30N4O4/c1-3-21(14-17-5-4-15(2)27-17)18(24)20-16-6-8-22(9-7-16)19(25)23-10-12-26-13-11-23/h4-5,16H,3,6-14H2,1-2H3,(H,20,24). The SMILES string of the molecule is CCN(Cc1ccc(C)o1)C(=O)NC1CCN(C(=O)N2CCOCC2)CC1. The fourth-order valence-corrected chi connectivity index (χ4v) is 3.52. The molecule has 3 heterocycles. The first-order valence-electron chi connectivity index (χ1n) is 9.79. The average molecular weight is 378 g/mol. The van der Waals surface area contributed by atoms with Gasteiger partial charge in [-0.3, -0.25) is 0 Å². The van der Waals surface area contributed by atoms with E-state index in [1.807, 2.05) is 35.8 Å². The highest BCUT2D eigenvalue weighted by molar-refractivity contribution is 5.75. The van der Waals surface area contributed by atoms with E-state index < -0.39 is 0 Å². The maximum atomic E-state index is 12.6. The summed E-state index contributed by atoms with van der Waals surface area (Å²) in [4.78, 5) is 30.6. The van der Waals surface area contributed by atoms with Gasteiger partial charge in [0.15, 0.2) is 0 Å². The summed E-state index contributed by atoms with van der Waals surface area (Å²) in [6.07, 6.45) is 1.55. The van der Waals surface area contributed by atoms with Gasteiger partial charge in [0, 0.05) is 38.8 Å². The van der Waals surface area contributed by atoms with Gasteiger partial charge in [0.2, 0.25) is 0 Å². The lowest BCUT2D eigenvalue weighted by Gasteiger charge is -2.37. The molecule has 8 nitrogen and oxygen atoms in total. The average Bonchev–Trinajstić information content (AvgIpc) is 3.11. The number of morpholine rings is 1. The molecule has 27 heavy (non-hydrogen) atoms. The van der Waals surface area contributed by atoms with Crippen LogP contribution in [0.4, 0.5) is 9.59 Å². The van der Waals surface area contributed by atoms with Crippen LogP contribution in [0.1, 0.15) is 31.3 Å². The van der Waals surface area contributed by atoms with Gasteiger partial charge >= 0.3 is 12.1 Å². The molecule has 3 rings (SSSR count). The molecule has 8 heteroatoms. The van der Waals surface area contributed by atoms with Crippen molar-refractivity contribution in [2.45, 2.75) is 39.3 Å². The van der Waals surface area contributed by atoms with Crippen molar-refractivity contribution in [3.05, 3.63) is 23.7 Å². The van der Waals surface area contributed by atoms with Crippen molar-refractivity contribution in [3.63, 3.8) is 0 Å². The highest BCUT2D eigenvalue weighted by Crippen LogP contribution is 2.15. The number of carbonyl (C=O) groups excluding carboxylic acids is 2. The maximum absolute atomic E-state index is 12.6. The molecule has 0 aromatic carbocycles. The van der Waals surface area contributed by atoms with E-state index in [9.17, 15) is 9.59 Å². The summed E-state index contributed by atoms with van der Waals surface area (Å²) in [5.74, 6) is 1.63. The molecule has 0 radical (unpaired) electrons. The molecular weight excluding hydrogens is 348 g/mol. The number of rotatable bonds is 4. The van der Waals surface area contributed by atoms with Gasteiger partial charge < -0.3 is 29.2 Å². The Bertz CT molecular complexity index is 633. The van der Waals surface area contributed by atoms with E-state index in [2.05, 4.69) is 5.32 Å². The minimum absolute atomic E-state index is 0.0792. The second-order valence-electron chi connectivity index (χ2n) is 7.12. The molecule has 150 valence electrons. The Balaban J connectivity index is 1.44. The van der Waals surface area contributed by atoms with Crippen LogP contribution in [0, 0.1) is 6.92 Å². The molecule has 1 N–H and O–H groups in total. The molecule has 0 atom stereocenters. The number of urea groups is 2. The molecule has 0 aliphatic carbocycles. The Morgan fingerprint density at radius 3 is 2.41 bits per heavy atom. The summed E-state index contributed by atoms with van der Waals surface area (Å²) in [6.45, 7) is 8.81. The zero-order valence-corrected chi connectivity index (χ0v) is 16.3. The zero-order valence-electron chi connectivity index (χ0n) is 16.3. The topological polar surface area (TPSA) is 78.3 Å². The smallest absolute Gasteiger partial charge is 0.320 e. The van der Waals surface area contributed by atoms with Gasteiger partial charge in [-0.15, -0.1) is 0 Å². The monoisotopic (exact) mass is 378 g/mol. The van der Waals surface area contributed by atoms with Crippen molar-refractivity contribution in [3.8, 4) is 0 Å². The van der Waals surface area contributed by atoms with Crippen LogP contribution in [-0.4, -0.2) is 78.7 Å². The number of furan rings is 1. The molecule has 0 bridgehead atoms. The number of ether oxygens (including phenoxy) is 1. The van der Waals surface area contributed by atoms with Crippen LogP contribution in [0.15, 0.2) is 16.5 Å². The molecule has 0 spiro atoms. The van der Waals surface area contributed by atoms with E-state index in [1.165, 1.54) is 0 Å². The minimum atomic E-state index is -0.0792. The first-order valence-corrected chi connectivity index (χ1v) is 9.79. The van der Waals surface area contributed by atoms with Crippen molar-refractivity contribution in [2.24, 2.45) is 0 Å². The molecule has 2 aliphatic rings. The Morgan fingerprint density at radius 1 is 1.15 bits per heavy atom. The quantitative estimate of drug-likeness (QED) is 0.870. The first kappa shape index (κ1) is 19.5. The lowest BCUT2D eigenvalue weighted by molar-refractivity contribution is 0.0408. The molecule has 0 unspecified atom stereocenters. The number of hydrogen-bond donors (Lipinski definition) is 1. The van der Waals surface area contributed by atoms with Gasteiger partial charge in [-0.25, -0.2) is 9.59 Å². The summed E-state index contributed by atoms with van der Waals surface area (Å²) in [5, 5.41) is 3.11. The third-order valence-corrected chi connectivity index (χ3v) is 5.19. The highest BCUT2D eigenvalue weighted by Gasteiger charge is 2.28. The number of carbonyl (C=O) groups is 2. The van der Waals surface area contributed by atoms with Gasteiger partial charge in [-0.05, 0) is 38.8 Å². The van der Waals surface area contributed by atoms with Gasteiger partial charge in [0.05, 0.1) is 19.8 Å². The molecule has 0 saturated carbocycles. The van der Waals surface area contributed by atoms with Gasteiger partial charge in [0.25, 0.3) is 0 Å². The lowest BCUT2D eigenvalue weighted by Crippen LogP contribution is -2.54. The van der Waals surface area contributed by atoms with Crippen molar-refractivity contribution < 1.29 is 18.7 Å². The number of piperidine rings is 1. The summed E-state index contributed by atoms with van der Waals surface area (Å²) in [6, 6.07) is 3.91. The van der Waals surface area contributed by atoms with Crippen molar-refractivity contribution in [1.82, 2.24) is 20.0 Å². The van der Waals surface area contributed by atoms with Gasteiger partial charge in [-0.1, -0.05) is 0 Å². The molecular formula is C19H30N4O4.